The Hall–Kier alpha value is -3.03. The maximum Gasteiger partial charge on any atom is 0.266 e. The molecule has 0 unspecified atom stereocenters. The molecule has 0 fully saturated rings. The highest BCUT2D eigenvalue weighted by atomic mass is 35.5. The second-order valence-electron chi connectivity index (χ2n) is 5.35. The lowest BCUT2D eigenvalue weighted by Crippen LogP contribution is -2.13. The number of hydrogen-bond acceptors (Lipinski definition) is 3. The maximum absolute atomic E-state index is 12.4. The Morgan fingerprint density at radius 2 is 1.84 bits per heavy atom. The number of nitriles is 1. The van der Waals surface area contributed by atoms with Gasteiger partial charge in [-0.05, 0) is 36.8 Å². The van der Waals surface area contributed by atoms with E-state index in [4.69, 9.17) is 16.3 Å². The molecular formula is C20H15ClN2O2. The number of para-hydroxylation sites is 1. The van der Waals surface area contributed by atoms with Crippen LogP contribution >= 0.6 is 11.6 Å². The highest BCUT2D eigenvalue weighted by Crippen LogP contribution is 2.33. The van der Waals surface area contributed by atoms with Crippen molar-refractivity contribution >= 4 is 11.6 Å². The van der Waals surface area contributed by atoms with Gasteiger partial charge in [-0.2, -0.15) is 5.26 Å². The molecule has 25 heavy (non-hydrogen) atoms. The van der Waals surface area contributed by atoms with E-state index < -0.39 is 5.56 Å². The van der Waals surface area contributed by atoms with Crippen molar-refractivity contribution in [2.75, 3.05) is 6.61 Å². The summed E-state index contributed by atoms with van der Waals surface area (Å²) in [6, 6.07) is 18.3. The lowest BCUT2D eigenvalue weighted by Gasteiger charge is -2.12. The van der Waals surface area contributed by atoms with E-state index in [1.165, 1.54) is 0 Å². The van der Waals surface area contributed by atoms with Crippen LogP contribution in [0.2, 0.25) is 5.02 Å². The van der Waals surface area contributed by atoms with Crippen molar-refractivity contribution in [2.45, 2.75) is 6.92 Å². The molecule has 5 heteroatoms. The fourth-order valence-corrected chi connectivity index (χ4v) is 2.76. The summed E-state index contributed by atoms with van der Waals surface area (Å²) in [5, 5.41) is 10.1. The van der Waals surface area contributed by atoms with Gasteiger partial charge in [0.05, 0.1) is 6.61 Å². The van der Waals surface area contributed by atoms with E-state index in [1.54, 1.807) is 18.2 Å². The van der Waals surface area contributed by atoms with Crippen LogP contribution in [0.25, 0.3) is 22.4 Å². The molecule has 1 aromatic heterocycles. The van der Waals surface area contributed by atoms with E-state index in [0.717, 1.165) is 5.56 Å². The highest BCUT2D eigenvalue weighted by Gasteiger charge is 2.15. The van der Waals surface area contributed by atoms with Gasteiger partial charge in [0, 0.05) is 21.8 Å². The molecule has 4 nitrogen and oxygen atoms in total. The third-order valence-corrected chi connectivity index (χ3v) is 4.03. The molecule has 2 aromatic carbocycles. The Labute approximate surface area is 150 Å². The average Bonchev–Trinajstić information content (AvgIpc) is 2.62. The first-order valence-electron chi connectivity index (χ1n) is 7.79. The van der Waals surface area contributed by atoms with Crippen molar-refractivity contribution in [1.29, 1.82) is 5.26 Å². The molecule has 0 saturated carbocycles. The number of aromatic amines is 1. The Balaban J connectivity index is 2.24. The molecule has 1 heterocycles. The van der Waals surface area contributed by atoms with Crippen molar-refractivity contribution in [1.82, 2.24) is 4.98 Å². The Bertz CT molecular complexity index is 1000. The SMILES string of the molecule is CCOc1ccccc1-c1cc(-c2ccc(Cl)cc2)[nH]c(=O)c1C#N. The fraction of sp³-hybridized carbons (Fsp3) is 0.100. The van der Waals surface area contributed by atoms with E-state index in [0.29, 0.717) is 34.2 Å². The van der Waals surface area contributed by atoms with Gasteiger partial charge < -0.3 is 9.72 Å². The number of nitrogens with one attached hydrogen (secondary N) is 1. The van der Waals surface area contributed by atoms with Crippen LogP contribution in [-0.4, -0.2) is 11.6 Å². The van der Waals surface area contributed by atoms with Gasteiger partial charge in [-0.3, -0.25) is 4.79 Å². The number of benzene rings is 2. The number of H-pyrrole nitrogens is 1. The molecule has 0 spiro atoms. The molecule has 3 aromatic rings. The van der Waals surface area contributed by atoms with Crippen LogP contribution in [0.1, 0.15) is 12.5 Å². The number of pyridine rings is 1. The summed E-state index contributed by atoms with van der Waals surface area (Å²) in [5.74, 6) is 0.633. The van der Waals surface area contributed by atoms with Crippen LogP contribution in [0.5, 0.6) is 5.75 Å². The predicted molar refractivity (Wildman–Crippen MR) is 98.8 cm³/mol. The van der Waals surface area contributed by atoms with E-state index in [2.05, 4.69) is 4.98 Å². The molecule has 0 aliphatic rings. The van der Waals surface area contributed by atoms with Gasteiger partial charge >= 0.3 is 0 Å². The lowest BCUT2D eigenvalue weighted by molar-refractivity contribution is 0.341. The smallest absolute Gasteiger partial charge is 0.266 e. The van der Waals surface area contributed by atoms with Gasteiger partial charge in [0.25, 0.3) is 5.56 Å². The molecule has 0 aliphatic heterocycles. The first-order chi connectivity index (χ1) is 12.1. The van der Waals surface area contributed by atoms with Crippen molar-refractivity contribution in [3.05, 3.63) is 75.5 Å². The summed E-state index contributed by atoms with van der Waals surface area (Å²) in [6.07, 6.45) is 0. The molecule has 3 rings (SSSR count). The second-order valence-corrected chi connectivity index (χ2v) is 5.79. The molecule has 0 aliphatic carbocycles. The molecule has 124 valence electrons. The largest absolute Gasteiger partial charge is 0.493 e. The molecule has 0 amide bonds. The van der Waals surface area contributed by atoms with Gasteiger partial charge in [-0.15, -0.1) is 0 Å². The first kappa shape index (κ1) is 16.8. The normalized spacial score (nSPS) is 10.3. The number of aromatic nitrogens is 1. The fourth-order valence-electron chi connectivity index (χ4n) is 2.64. The number of halogens is 1. The van der Waals surface area contributed by atoms with Crippen LogP contribution < -0.4 is 10.3 Å². The third kappa shape index (κ3) is 3.42. The van der Waals surface area contributed by atoms with E-state index in [-0.39, 0.29) is 5.56 Å². The lowest BCUT2D eigenvalue weighted by atomic mass is 9.98. The minimum atomic E-state index is -0.434. The van der Waals surface area contributed by atoms with E-state index in [1.807, 2.05) is 49.4 Å². The Kier molecular flexibility index (Phi) is 4.87. The van der Waals surface area contributed by atoms with Gasteiger partial charge in [-0.25, -0.2) is 0 Å². The Morgan fingerprint density at radius 1 is 1.12 bits per heavy atom. The third-order valence-electron chi connectivity index (χ3n) is 3.78. The summed E-state index contributed by atoms with van der Waals surface area (Å²) >= 11 is 5.93. The monoisotopic (exact) mass is 350 g/mol. The van der Waals surface area contributed by atoms with Crippen molar-refractivity contribution in [2.24, 2.45) is 0 Å². The summed E-state index contributed by atoms with van der Waals surface area (Å²) in [6.45, 7) is 2.38. The second kappa shape index (κ2) is 7.25. The minimum absolute atomic E-state index is 0.0601. The quantitative estimate of drug-likeness (QED) is 0.745. The van der Waals surface area contributed by atoms with Gasteiger partial charge in [0.2, 0.25) is 0 Å². The number of nitrogens with zero attached hydrogens (tertiary/aromatic N) is 1. The van der Waals surface area contributed by atoms with E-state index >= 15 is 0 Å². The Morgan fingerprint density at radius 3 is 2.52 bits per heavy atom. The molecule has 0 atom stereocenters. The summed E-state index contributed by atoms with van der Waals surface area (Å²) in [7, 11) is 0. The van der Waals surface area contributed by atoms with Gasteiger partial charge in [0.1, 0.15) is 17.4 Å². The summed E-state index contributed by atoms with van der Waals surface area (Å²) in [4.78, 5) is 15.2. The van der Waals surface area contributed by atoms with Crippen LogP contribution in [-0.2, 0) is 0 Å². The van der Waals surface area contributed by atoms with Crippen LogP contribution in [0.3, 0.4) is 0 Å². The van der Waals surface area contributed by atoms with Crippen LogP contribution in [0.15, 0.2) is 59.4 Å². The minimum Gasteiger partial charge on any atom is -0.493 e. The van der Waals surface area contributed by atoms with Gasteiger partial charge in [-0.1, -0.05) is 41.9 Å². The van der Waals surface area contributed by atoms with Crippen molar-refractivity contribution in [3.63, 3.8) is 0 Å². The zero-order chi connectivity index (χ0) is 17.8. The molecule has 0 radical (unpaired) electrons. The molecule has 0 saturated heterocycles. The maximum atomic E-state index is 12.4. The topological polar surface area (TPSA) is 65.9 Å². The van der Waals surface area contributed by atoms with Crippen molar-refractivity contribution in [3.8, 4) is 34.2 Å². The highest BCUT2D eigenvalue weighted by molar-refractivity contribution is 6.30. The number of hydrogen-bond donors (Lipinski definition) is 1. The molecule has 1 N–H and O–H groups in total. The summed E-state index contributed by atoms with van der Waals surface area (Å²) in [5.41, 5.74) is 2.30. The van der Waals surface area contributed by atoms with Gasteiger partial charge in [0.15, 0.2) is 0 Å². The van der Waals surface area contributed by atoms with E-state index in [9.17, 15) is 10.1 Å². The number of rotatable bonds is 4. The number of ether oxygens (including phenoxy) is 1. The summed E-state index contributed by atoms with van der Waals surface area (Å²) < 4.78 is 5.65. The first-order valence-corrected chi connectivity index (χ1v) is 8.17. The molecular weight excluding hydrogens is 336 g/mol. The standard InChI is InChI=1S/C20H15ClN2O2/c1-2-25-19-6-4-3-5-15(19)16-11-18(23-20(24)17(16)12-22)13-7-9-14(21)10-8-13/h3-11H,2H2,1H3,(H,23,24). The van der Waals surface area contributed by atoms with Crippen molar-refractivity contribution < 1.29 is 4.74 Å². The average molecular weight is 351 g/mol. The van der Waals surface area contributed by atoms with Crippen LogP contribution in [0, 0.1) is 11.3 Å². The zero-order valence-corrected chi connectivity index (χ0v) is 14.3. The zero-order valence-electron chi connectivity index (χ0n) is 13.5. The van der Waals surface area contributed by atoms with Crippen LogP contribution in [0.4, 0.5) is 0 Å². The predicted octanol–water partition coefficient (Wildman–Crippen LogP) is 4.63. The molecule has 0 bridgehead atoms.